The van der Waals surface area contributed by atoms with Gasteiger partial charge in [-0.2, -0.15) is 0 Å². The lowest BCUT2D eigenvalue weighted by molar-refractivity contribution is -0.125. The van der Waals surface area contributed by atoms with Crippen molar-refractivity contribution in [3.8, 4) is 0 Å². The van der Waals surface area contributed by atoms with Crippen LogP contribution in [-0.4, -0.2) is 32.9 Å². The van der Waals surface area contributed by atoms with Crippen LogP contribution in [0.15, 0.2) is 60.9 Å². The second-order valence-corrected chi connectivity index (χ2v) is 8.31. The van der Waals surface area contributed by atoms with E-state index in [1.54, 1.807) is 18.3 Å². The highest BCUT2D eigenvalue weighted by molar-refractivity contribution is 6.11. The second-order valence-electron chi connectivity index (χ2n) is 8.31. The SMILES string of the molecule is O=C1C(N(C(=O)Cn2ccnn2)c2cccc(F)c2)c2ccccc2N1C1CCCCC1. The van der Waals surface area contributed by atoms with Crippen molar-refractivity contribution in [1.82, 2.24) is 15.0 Å². The van der Waals surface area contributed by atoms with E-state index in [1.807, 2.05) is 29.2 Å². The zero-order valence-electron chi connectivity index (χ0n) is 17.6. The van der Waals surface area contributed by atoms with E-state index >= 15 is 0 Å². The molecule has 32 heavy (non-hydrogen) atoms. The molecule has 2 amide bonds. The molecule has 8 heteroatoms. The van der Waals surface area contributed by atoms with Crippen molar-refractivity contribution in [1.29, 1.82) is 0 Å². The van der Waals surface area contributed by atoms with Gasteiger partial charge in [-0.1, -0.05) is 48.7 Å². The summed E-state index contributed by atoms with van der Waals surface area (Å²) in [7, 11) is 0. The van der Waals surface area contributed by atoms with E-state index in [9.17, 15) is 14.0 Å². The van der Waals surface area contributed by atoms with Crippen LogP contribution in [0.5, 0.6) is 0 Å². The third kappa shape index (κ3) is 3.66. The van der Waals surface area contributed by atoms with Gasteiger partial charge in [-0.15, -0.1) is 5.10 Å². The number of halogens is 1. The largest absolute Gasteiger partial charge is 0.307 e. The molecule has 1 unspecified atom stereocenters. The maximum absolute atomic E-state index is 14.2. The average molecular weight is 433 g/mol. The molecule has 2 aromatic carbocycles. The first kappa shape index (κ1) is 20.4. The number of aromatic nitrogens is 3. The van der Waals surface area contributed by atoms with E-state index in [2.05, 4.69) is 10.3 Å². The molecule has 0 saturated heterocycles. The molecule has 1 aliphatic carbocycles. The van der Waals surface area contributed by atoms with Gasteiger partial charge in [-0.3, -0.25) is 14.5 Å². The summed E-state index contributed by atoms with van der Waals surface area (Å²) in [5.74, 6) is -0.974. The first-order chi connectivity index (χ1) is 15.6. The van der Waals surface area contributed by atoms with Gasteiger partial charge in [0.15, 0.2) is 0 Å². The van der Waals surface area contributed by atoms with Crippen LogP contribution in [0.1, 0.15) is 43.7 Å². The van der Waals surface area contributed by atoms with Gasteiger partial charge >= 0.3 is 0 Å². The smallest absolute Gasteiger partial charge is 0.255 e. The molecule has 1 saturated carbocycles. The van der Waals surface area contributed by atoms with E-state index < -0.39 is 11.9 Å². The highest BCUT2D eigenvalue weighted by Crippen LogP contribution is 2.44. The molecule has 0 spiro atoms. The van der Waals surface area contributed by atoms with Crippen molar-refractivity contribution in [3.63, 3.8) is 0 Å². The molecule has 2 heterocycles. The highest BCUT2D eigenvalue weighted by atomic mass is 19.1. The number of anilines is 2. The first-order valence-corrected chi connectivity index (χ1v) is 11.0. The Balaban J connectivity index is 1.58. The van der Waals surface area contributed by atoms with Gasteiger partial charge < -0.3 is 4.90 Å². The molecule has 2 aliphatic rings. The number of fused-ring (bicyclic) bond motifs is 1. The molecule has 1 fully saturated rings. The zero-order valence-corrected chi connectivity index (χ0v) is 17.6. The number of benzene rings is 2. The molecule has 5 rings (SSSR count). The molecule has 7 nitrogen and oxygen atoms in total. The lowest BCUT2D eigenvalue weighted by Crippen LogP contribution is -2.46. The summed E-state index contributed by atoms with van der Waals surface area (Å²) in [6.07, 6.45) is 8.30. The Morgan fingerprint density at radius 3 is 2.66 bits per heavy atom. The number of nitrogens with zero attached hydrogens (tertiary/aromatic N) is 5. The van der Waals surface area contributed by atoms with Gasteiger partial charge in [0.05, 0.1) is 6.20 Å². The molecular formula is C24H24FN5O2. The minimum Gasteiger partial charge on any atom is -0.307 e. The number of carbonyl (C=O) groups is 2. The maximum Gasteiger partial charge on any atom is 0.255 e. The number of amides is 2. The topological polar surface area (TPSA) is 71.3 Å². The number of hydrogen-bond donors (Lipinski definition) is 0. The van der Waals surface area contributed by atoms with Crippen LogP contribution in [0.2, 0.25) is 0 Å². The van der Waals surface area contributed by atoms with Crippen LogP contribution in [0, 0.1) is 5.82 Å². The van der Waals surface area contributed by atoms with Gasteiger partial charge in [0.25, 0.3) is 5.91 Å². The van der Waals surface area contributed by atoms with Gasteiger partial charge in [0, 0.05) is 29.2 Å². The van der Waals surface area contributed by atoms with Crippen molar-refractivity contribution in [2.75, 3.05) is 9.80 Å². The molecule has 0 radical (unpaired) electrons. The molecule has 3 aromatic rings. The Morgan fingerprint density at radius 1 is 1.09 bits per heavy atom. The third-order valence-corrected chi connectivity index (χ3v) is 6.28. The summed E-state index contributed by atoms with van der Waals surface area (Å²) in [6.45, 7) is -0.105. The summed E-state index contributed by atoms with van der Waals surface area (Å²) < 4.78 is 15.6. The van der Waals surface area contributed by atoms with E-state index in [-0.39, 0.29) is 24.4 Å². The van der Waals surface area contributed by atoms with Crippen LogP contribution in [-0.2, 0) is 16.1 Å². The number of carbonyl (C=O) groups excluding carboxylic acids is 2. The summed E-state index contributed by atoms with van der Waals surface area (Å²) in [5.41, 5.74) is 1.94. The van der Waals surface area contributed by atoms with Crippen LogP contribution < -0.4 is 9.80 Å². The standard InChI is InChI=1S/C24H24FN5O2/c25-17-7-6-10-19(15-17)30(22(31)16-28-14-13-26-27-28)23-20-11-4-5-12-21(20)29(24(23)32)18-8-2-1-3-9-18/h4-7,10-15,18,23H,1-3,8-9,16H2. The minimum absolute atomic E-state index is 0.105. The van der Waals surface area contributed by atoms with Crippen molar-refractivity contribution in [3.05, 3.63) is 72.3 Å². The third-order valence-electron chi connectivity index (χ3n) is 6.28. The first-order valence-electron chi connectivity index (χ1n) is 11.0. The van der Waals surface area contributed by atoms with E-state index in [0.29, 0.717) is 5.69 Å². The quantitative estimate of drug-likeness (QED) is 0.612. The van der Waals surface area contributed by atoms with E-state index in [4.69, 9.17) is 0 Å². The molecule has 164 valence electrons. The monoisotopic (exact) mass is 433 g/mol. The fourth-order valence-electron chi connectivity index (χ4n) is 4.88. The summed E-state index contributed by atoms with van der Waals surface area (Å²) >= 11 is 0. The maximum atomic E-state index is 14.2. The van der Waals surface area contributed by atoms with E-state index in [1.165, 1.54) is 34.3 Å². The van der Waals surface area contributed by atoms with Crippen LogP contribution in [0.3, 0.4) is 0 Å². The van der Waals surface area contributed by atoms with Crippen LogP contribution >= 0.6 is 0 Å². The van der Waals surface area contributed by atoms with Crippen molar-refractivity contribution >= 4 is 23.2 Å². The van der Waals surface area contributed by atoms with Crippen molar-refractivity contribution < 1.29 is 14.0 Å². The van der Waals surface area contributed by atoms with Crippen molar-refractivity contribution in [2.24, 2.45) is 0 Å². The molecule has 0 bridgehead atoms. The second kappa shape index (κ2) is 8.53. The lowest BCUT2D eigenvalue weighted by atomic mass is 9.94. The molecule has 1 aromatic heterocycles. The normalized spacial score (nSPS) is 18.6. The van der Waals surface area contributed by atoms with E-state index in [0.717, 1.165) is 36.9 Å². The zero-order chi connectivity index (χ0) is 22.1. The fraction of sp³-hybridized carbons (Fsp3) is 0.333. The Morgan fingerprint density at radius 2 is 1.91 bits per heavy atom. The number of hydrogen-bond acceptors (Lipinski definition) is 4. The van der Waals surface area contributed by atoms with Gasteiger partial charge in [0.1, 0.15) is 18.4 Å². The Hall–Kier alpha value is -3.55. The Kier molecular flexibility index (Phi) is 5.43. The predicted molar refractivity (Wildman–Crippen MR) is 117 cm³/mol. The fourth-order valence-corrected chi connectivity index (χ4v) is 4.88. The Labute approximate surface area is 185 Å². The summed E-state index contributed by atoms with van der Waals surface area (Å²) in [6, 6.07) is 12.7. The van der Waals surface area contributed by atoms with Crippen LogP contribution in [0.25, 0.3) is 0 Å². The summed E-state index contributed by atoms with van der Waals surface area (Å²) in [4.78, 5) is 30.6. The molecule has 1 aliphatic heterocycles. The number of para-hydroxylation sites is 1. The molecule has 1 atom stereocenters. The van der Waals surface area contributed by atoms with Gasteiger partial charge in [-0.05, 0) is 37.1 Å². The predicted octanol–water partition coefficient (Wildman–Crippen LogP) is 3.87. The highest BCUT2D eigenvalue weighted by Gasteiger charge is 2.45. The molecule has 0 N–H and O–H groups in total. The molecular weight excluding hydrogens is 409 g/mol. The van der Waals surface area contributed by atoms with Gasteiger partial charge in [-0.25, -0.2) is 9.07 Å². The minimum atomic E-state index is -0.856. The summed E-state index contributed by atoms with van der Waals surface area (Å²) in [5, 5.41) is 7.63. The van der Waals surface area contributed by atoms with Crippen molar-refractivity contribution in [2.45, 2.75) is 50.7 Å². The van der Waals surface area contributed by atoms with Crippen LogP contribution in [0.4, 0.5) is 15.8 Å². The number of rotatable bonds is 5. The average Bonchev–Trinajstić information content (AvgIpc) is 3.41. The Bertz CT molecular complexity index is 1130. The lowest BCUT2D eigenvalue weighted by Gasteiger charge is -2.33. The van der Waals surface area contributed by atoms with Gasteiger partial charge in [0.2, 0.25) is 5.91 Å².